The fourth-order valence-corrected chi connectivity index (χ4v) is 3.16. The molecule has 0 bridgehead atoms. The van der Waals surface area contributed by atoms with Crippen molar-refractivity contribution in [3.8, 4) is 0 Å². The standard InChI is InChI=1S/C12H20N2S/c1-8(2)9(13)7-12-14-10-5-3-4-6-11(10)15-12/h8-9H,3-7,13H2,1-2H3. The predicted octanol–water partition coefficient (Wildman–Crippen LogP) is 2.55. The second-order valence-electron chi connectivity index (χ2n) is 4.80. The molecule has 0 fully saturated rings. The topological polar surface area (TPSA) is 38.9 Å². The highest BCUT2D eigenvalue weighted by Gasteiger charge is 2.17. The Morgan fingerprint density at radius 2 is 2.07 bits per heavy atom. The molecule has 2 nitrogen and oxygen atoms in total. The van der Waals surface area contributed by atoms with E-state index in [9.17, 15) is 0 Å². The number of rotatable bonds is 3. The molecule has 2 rings (SSSR count). The minimum Gasteiger partial charge on any atom is -0.327 e. The van der Waals surface area contributed by atoms with Gasteiger partial charge in [-0.1, -0.05) is 13.8 Å². The summed E-state index contributed by atoms with van der Waals surface area (Å²) in [5, 5.41) is 1.25. The third-order valence-electron chi connectivity index (χ3n) is 3.16. The van der Waals surface area contributed by atoms with Crippen molar-refractivity contribution in [1.29, 1.82) is 0 Å². The Morgan fingerprint density at radius 1 is 1.33 bits per heavy atom. The van der Waals surface area contributed by atoms with Crippen LogP contribution in [0.4, 0.5) is 0 Å². The number of hydrogen-bond acceptors (Lipinski definition) is 3. The summed E-state index contributed by atoms with van der Waals surface area (Å²) in [6.45, 7) is 4.36. The molecule has 2 N–H and O–H groups in total. The number of hydrogen-bond donors (Lipinski definition) is 1. The molecule has 84 valence electrons. The number of aryl methyl sites for hydroxylation is 2. The maximum atomic E-state index is 6.07. The van der Waals surface area contributed by atoms with Gasteiger partial charge in [0.15, 0.2) is 0 Å². The Morgan fingerprint density at radius 3 is 2.73 bits per heavy atom. The summed E-state index contributed by atoms with van der Waals surface area (Å²) in [7, 11) is 0. The van der Waals surface area contributed by atoms with Crippen molar-refractivity contribution in [3.05, 3.63) is 15.6 Å². The average molecular weight is 224 g/mol. The highest BCUT2D eigenvalue weighted by molar-refractivity contribution is 7.11. The van der Waals surface area contributed by atoms with E-state index in [0.717, 1.165) is 6.42 Å². The van der Waals surface area contributed by atoms with Crippen LogP contribution in [0.15, 0.2) is 0 Å². The summed E-state index contributed by atoms with van der Waals surface area (Å²) in [4.78, 5) is 6.23. The first-order chi connectivity index (χ1) is 7.16. The molecular formula is C12H20N2S. The molecule has 1 unspecified atom stereocenters. The Balaban J connectivity index is 2.06. The Bertz CT molecular complexity index is 307. The SMILES string of the molecule is CC(C)C(N)Cc1nc2c(s1)CCCC2. The van der Waals surface area contributed by atoms with Gasteiger partial charge in [-0.25, -0.2) is 4.98 Å². The summed E-state index contributed by atoms with van der Waals surface area (Å²) in [5.41, 5.74) is 7.43. The van der Waals surface area contributed by atoms with Gasteiger partial charge in [0.1, 0.15) is 0 Å². The van der Waals surface area contributed by atoms with E-state index in [1.54, 1.807) is 0 Å². The van der Waals surface area contributed by atoms with Gasteiger partial charge in [0.05, 0.1) is 10.7 Å². The van der Waals surface area contributed by atoms with Gasteiger partial charge in [-0.05, 0) is 31.6 Å². The number of nitrogens with two attached hydrogens (primary N) is 1. The molecule has 0 radical (unpaired) electrons. The molecule has 0 saturated carbocycles. The third-order valence-corrected chi connectivity index (χ3v) is 4.34. The van der Waals surface area contributed by atoms with Gasteiger partial charge in [0.2, 0.25) is 0 Å². The largest absolute Gasteiger partial charge is 0.327 e. The predicted molar refractivity (Wildman–Crippen MR) is 65.3 cm³/mol. The van der Waals surface area contributed by atoms with E-state index in [4.69, 9.17) is 10.7 Å². The van der Waals surface area contributed by atoms with E-state index in [0.29, 0.717) is 5.92 Å². The average Bonchev–Trinajstić information content (AvgIpc) is 2.59. The molecule has 0 saturated heterocycles. The second kappa shape index (κ2) is 4.62. The van der Waals surface area contributed by atoms with Crippen LogP contribution < -0.4 is 5.73 Å². The van der Waals surface area contributed by atoms with E-state index in [1.165, 1.54) is 41.3 Å². The van der Waals surface area contributed by atoms with Crippen LogP contribution in [0.3, 0.4) is 0 Å². The molecular weight excluding hydrogens is 204 g/mol. The lowest BCUT2D eigenvalue weighted by Crippen LogP contribution is -2.28. The van der Waals surface area contributed by atoms with Crippen LogP contribution in [0.25, 0.3) is 0 Å². The lowest BCUT2D eigenvalue weighted by molar-refractivity contribution is 0.489. The van der Waals surface area contributed by atoms with Gasteiger partial charge in [-0.3, -0.25) is 0 Å². The monoisotopic (exact) mass is 224 g/mol. The molecule has 15 heavy (non-hydrogen) atoms. The first kappa shape index (κ1) is 11.1. The molecule has 1 aliphatic rings. The van der Waals surface area contributed by atoms with Crippen LogP contribution in [0.1, 0.15) is 42.3 Å². The number of aromatic nitrogens is 1. The van der Waals surface area contributed by atoms with E-state index >= 15 is 0 Å². The zero-order chi connectivity index (χ0) is 10.8. The maximum Gasteiger partial charge on any atom is 0.0946 e. The smallest absolute Gasteiger partial charge is 0.0946 e. The van der Waals surface area contributed by atoms with Gasteiger partial charge in [-0.2, -0.15) is 0 Å². The Hall–Kier alpha value is -0.410. The van der Waals surface area contributed by atoms with Crippen LogP contribution >= 0.6 is 11.3 Å². The Labute approximate surface area is 95.9 Å². The van der Waals surface area contributed by atoms with E-state index in [-0.39, 0.29) is 6.04 Å². The zero-order valence-electron chi connectivity index (χ0n) is 9.62. The molecule has 0 aromatic carbocycles. The van der Waals surface area contributed by atoms with E-state index in [1.807, 2.05) is 11.3 Å². The van der Waals surface area contributed by atoms with Crippen LogP contribution in [0.2, 0.25) is 0 Å². The fourth-order valence-electron chi connectivity index (χ4n) is 1.93. The van der Waals surface area contributed by atoms with Crippen molar-refractivity contribution in [1.82, 2.24) is 4.98 Å². The van der Waals surface area contributed by atoms with Crippen molar-refractivity contribution >= 4 is 11.3 Å². The van der Waals surface area contributed by atoms with Gasteiger partial charge in [0.25, 0.3) is 0 Å². The maximum absolute atomic E-state index is 6.07. The lowest BCUT2D eigenvalue weighted by Gasteiger charge is -2.13. The van der Waals surface area contributed by atoms with Crippen LogP contribution in [-0.2, 0) is 19.3 Å². The van der Waals surface area contributed by atoms with E-state index < -0.39 is 0 Å². The summed E-state index contributed by atoms with van der Waals surface area (Å²) in [6, 6.07) is 0.262. The highest BCUT2D eigenvalue weighted by Crippen LogP contribution is 2.27. The van der Waals surface area contributed by atoms with Gasteiger partial charge in [-0.15, -0.1) is 11.3 Å². The van der Waals surface area contributed by atoms with Crippen molar-refractivity contribution in [2.24, 2.45) is 11.7 Å². The van der Waals surface area contributed by atoms with Crippen molar-refractivity contribution in [2.75, 3.05) is 0 Å². The molecule has 1 aliphatic carbocycles. The summed E-state index contributed by atoms with van der Waals surface area (Å²) >= 11 is 1.89. The lowest BCUT2D eigenvalue weighted by atomic mass is 10.0. The van der Waals surface area contributed by atoms with Crippen LogP contribution in [0.5, 0.6) is 0 Å². The molecule has 1 heterocycles. The number of thiazole rings is 1. The van der Waals surface area contributed by atoms with E-state index in [2.05, 4.69) is 13.8 Å². The van der Waals surface area contributed by atoms with Gasteiger partial charge < -0.3 is 5.73 Å². The number of fused-ring (bicyclic) bond motifs is 1. The van der Waals surface area contributed by atoms with Gasteiger partial charge in [0, 0.05) is 17.3 Å². The molecule has 0 amide bonds. The first-order valence-corrected chi connectivity index (χ1v) is 6.71. The second-order valence-corrected chi connectivity index (χ2v) is 5.96. The van der Waals surface area contributed by atoms with Crippen molar-refractivity contribution in [2.45, 2.75) is 52.0 Å². The van der Waals surface area contributed by atoms with Gasteiger partial charge >= 0.3 is 0 Å². The summed E-state index contributed by atoms with van der Waals surface area (Å²) < 4.78 is 0. The zero-order valence-corrected chi connectivity index (χ0v) is 10.4. The summed E-state index contributed by atoms with van der Waals surface area (Å²) in [5.74, 6) is 0.547. The minimum absolute atomic E-state index is 0.262. The highest BCUT2D eigenvalue weighted by atomic mass is 32.1. The molecule has 0 aliphatic heterocycles. The van der Waals surface area contributed by atoms with Crippen molar-refractivity contribution < 1.29 is 0 Å². The Kier molecular flexibility index (Phi) is 3.42. The van der Waals surface area contributed by atoms with Crippen molar-refractivity contribution in [3.63, 3.8) is 0 Å². The summed E-state index contributed by atoms with van der Waals surface area (Å²) in [6.07, 6.45) is 6.03. The molecule has 1 aromatic rings. The molecule has 0 spiro atoms. The molecule has 1 aromatic heterocycles. The molecule has 3 heteroatoms. The third kappa shape index (κ3) is 2.58. The number of nitrogens with zero attached hydrogens (tertiary/aromatic N) is 1. The quantitative estimate of drug-likeness (QED) is 0.857. The normalized spacial score (nSPS) is 17.9. The fraction of sp³-hybridized carbons (Fsp3) is 0.750. The van der Waals surface area contributed by atoms with Crippen LogP contribution in [-0.4, -0.2) is 11.0 Å². The van der Waals surface area contributed by atoms with Crippen LogP contribution in [0, 0.1) is 5.92 Å². The first-order valence-electron chi connectivity index (χ1n) is 5.90. The minimum atomic E-state index is 0.262. The molecule has 1 atom stereocenters.